The molecule has 3 heterocycles. The summed E-state index contributed by atoms with van der Waals surface area (Å²) in [5.41, 5.74) is 4.72. The Balaban J connectivity index is 1.66. The van der Waals surface area contributed by atoms with Crippen molar-refractivity contribution in [2.24, 2.45) is 0 Å². The number of nitrogens with zero attached hydrogens (tertiary/aromatic N) is 3. The molecule has 1 aromatic carbocycles. The van der Waals surface area contributed by atoms with Gasteiger partial charge in [0.2, 0.25) is 16.4 Å². The minimum atomic E-state index is -3.20. The van der Waals surface area contributed by atoms with E-state index in [0.29, 0.717) is 38.3 Å². The highest BCUT2D eigenvalue weighted by Crippen LogP contribution is 2.35. The van der Waals surface area contributed by atoms with Gasteiger partial charge in [-0.3, -0.25) is 9.20 Å². The molecule has 3 N–H and O–H groups in total. The van der Waals surface area contributed by atoms with Gasteiger partial charge in [0.15, 0.2) is 11.5 Å². The van der Waals surface area contributed by atoms with Crippen LogP contribution in [0, 0.1) is 6.92 Å². The van der Waals surface area contributed by atoms with Crippen molar-refractivity contribution in [3.63, 3.8) is 0 Å². The zero-order valence-corrected chi connectivity index (χ0v) is 19.4. The number of carbonyl (C=O) groups excluding carboxylic acids is 1. The van der Waals surface area contributed by atoms with E-state index in [1.165, 1.54) is 0 Å². The molecule has 0 aliphatic rings. The summed E-state index contributed by atoms with van der Waals surface area (Å²) >= 11 is 1.64. The summed E-state index contributed by atoms with van der Waals surface area (Å²) in [6.07, 6.45) is 4.26. The summed E-state index contributed by atoms with van der Waals surface area (Å²) in [6.45, 7) is 3.40. The normalized spacial score (nSPS) is 11.8. The van der Waals surface area contributed by atoms with Gasteiger partial charge in [-0.2, -0.15) is 0 Å². The number of aromatic nitrogens is 3. The second kappa shape index (κ2) is 9.23. The van der Waals surface area contributed by atoms with Crippen LogP contribution in [0.1, 0.15) is 11.3 Å². The van der Waals surface area contributed by atoms with Gasteiger partial charge < -0.3 is 10.6 Å². The van der Waals surface area contributed by atoms with Crippen LogP contribution in [0.5, 0.6) is 0 Å². The van der Waals surface area contributed by atoms with E-state index in [-0.39, 0.29) is 0 Å². The third-order valence-corrected chi connectivity index (χ3v) is 6.80. The molecule has 4 rings (SSSR count). The number of thiophene rings is 1. The monoisotopic (exact) mass is 472 g/mol. The molecule has 168 valence electrons. The second-order valence-electron chi connectivity index (χ2n) is 7.44. The van der Waals surface area contributed by atoms with Crippen molar-refractivity contribution in [3.8, 4) is 10.4 Å². The van der Waals surface area contributed by atoms with Crippen LogP contribution in [0.3, 0.4) is 0 Å². The molecule has 0 atom stereocenters. The van der Waals surface area contributed by atoms with E-state index in [1.807, 2.05) is 31.3 Å². The number of hydrogen-bond acceptors (Lipinski definition) is 7. The first-order chi connectivity index (χ1) is 15.4. The number of fused-ring (bicyclic) bond motifs is 3. The summed E-state index contributed by atoms with van der Waals surface area (Å²) in [4.78, 5) is 21.8. The third kappa shape index (κ3) is 4.90. The van der Waals surface area contributed by atoms with Crippen molar-refractivity contribution in [2.45, 2.75) is 13.3 Å². The molecule has 0 aliphatic carbocycles. The van der Waals surface area contributed by atoms with Gasteiger partial charge in [0.25, 0.3) is 0 Å². The number of hydrogen-bond donors (Lipinski definition) is 3. The predicted molar refractivity (Wildman–Crippen MR) is 128 cm³/mol. The maximum atomic E-state index is 11.3. The standard InChI is InChI=1S/C21H24N6O3S2/c1-14-12-24-20-19(23-9-8-22-13-28)26-17-11-18(31-21(17)27(14)20)16-5-3-4-15(10-16)6-7-25-32(2,29)30/h3-5,10-13,25H,6-9H2,1-2H3,(H,22,28)(H,23,26). The molecular weight excluding hydrogens is 448 g/mol. The van der Waals surface area contributed by atoms with Gasteiger partial charge in [0, 0.05) is 36.4 Å². The lowest BCUT2D eigenvalue weighted by atomic mass is 10.1. The van der Waals surface area contributed by atoms with Crippen molar-refractivity contribution >= 4 is 49.6 Å². The Morgan fingerprint density at radius 2 is 2.03 bits per heavy atom. The zero-order chi connectivity index (χ0) is 22.7. The van der Waals surface area contributed by atoms with Crippen LogP contribution in [0.2, 0.25) is 0 Å². The first-order valence-corrected chi connectivity index (χ1v) is 12.8. The van der Waals surface area contributed by atoms with E-state index in [2.05, 4.69) is 36.9 Å². The Morgan fingerprint density at radius 3 is 2.81 bits per heavy atom. The fourth-order valence-corrected chi connectivity index (χ4v) is 5.10. The fourth-order valence-electron chi connectivity index (χ4n) is 3.48. The van der Waals surface area contributed by atoms with Crippen molar-refractivity contribution in [2.75, 3.05) is 31.2 Å². The Labute approximate surface area is 189 Å². The summed E-state index contributed by atoms with van der Waals surface area (Å²) < 4.78 is 27.2. The quantitative estimate of drug-likeness (QED) is 0.241. The topological polar surface area (TPSA) is 117 Å². The van der Waals surface area contributed by atoms with Crippen LogP contribution < -0.4 is 15.4 Å². The number of amides is 1. The molecule has 0 fully saturated rings. The van der Waals surface area contributed by atoms with E-state index in [1.54, 1.807) is 11.3 Å². The molecule has 1 amide bonds. The third-order valence-electron chi connectivity index (χ3n) is 4.91. The summed E-state index contributed by atoms with van der Waals surface area (Å²) in [5.74, 6) is 0.670. The van der Waals surface area contributed by atoms with Gasteiger partial charge in [-0.25, -0.2) is 23.1 Å². The molecule has 9 nitrogen and oxygen atoms in total. The van der Waals surface area contributed by atoms with Crippen molar-refractivity contribution in [1.82, 2.24) is 24.4 Å². The van der Waals surface area contributed by atoms with Gasteiger partial charge in [-0.15, -0.1) is 11.3 Å². The molecule has 0 saturated heterocycles. The van der Waals surface area contributed by atoms with Gasteiger partial charge in [-0.1, -0.05) is 24.3 Å². The Hall–Kier alpha value is -3.02. The van der Waals surface area contributed by atoms with Crippen LogP contribution in [-0.4, -0.2) is 55.1 Å². The lowest BCUT2D eigenvalue weighted by Crippen LogP contribution is -2.24. The van der Waals surface area contributed by atoms with E-state index in [0.717, 1.165) is 43.9 Å². The number of sulfonamides is 1. The molecule has 11 heteroatoms. The molecule has 32 heavy (non-hydrogen) atoms. The lowest BCUT2D eigenvalue weighted by Gasteiger charge is -2.08. The maximum Gasteiger partial charge on any atom is 0.208 e. The Morgan fingerprint density at radius 1 is 1.19 bits per heavy atom. The number of aryl methyl sites for hydroxylation is 1. The van der Waals surface area contributed by atoms with Crippen LogP contribution in [0.4, 0.5) is 5.82 Å². The minimum Gasteiger partial charge on any atom is -0.365 e. The molecule has 0 aliphatic heterocycles. The smallest absolute Gasteiger partial charge is 0.208 e. The van der Waals surface area contributed by atoms with E-state index in [9.17, 15) is 13.2 Å². The Bertz CT molecular complexity index is 1380. The number of carbonyl (C=O) groups is 1. The van der Waals surface area contributed by atoms with Gasteiger partial charge >= 0.3 is 0 Å². The highest BCUT2D eigenvalue weighted by molar-refractivity contribution is 7.88. The number of anilines is 1. The van der Waals surface area contributed by atoms with Crippen molar-refractivity contribution in [3.05, 3.63) is 47.8 Å². The van der Waals surface area contributed by atoms with Crippen LogP contribution in [-0.2, 0) is 21.2 Å². The van der Waals surface area contributed by atoms with Crippen LogP contribution in [0.15, 0.2) is 36.5 Å². The maximum absolute atomic E-state index is 11.3. The summed E-state index contributed by atoms with van der Waals surface area (Å²) in [5, 5.41) is 5.88. The SMILES string of the molecule is Cc1cnc2c(NCCNC=O)nc3cc(-c4cccc(CCNS(C)(=O)=O)c4)sc3n12. The predicted octanol–water partition coefficient (Wildman–Crippen LogP) is 2.17. The molecule has 0 bridgehead atoms. The Kier molecular flexibility index (Phi) is 6.40. The molecule has 0 spiro atoms. The van der Waals surface area contributed by atoms with E-state index < -0.39 is 10.0 Å². The number of nitrogens with one attached hydrogen (secondary N) is 3. The number of imidazole rings is 1. The molecule has 3 aromatic heterocycles. The van der Waals surface area contributed by atoms with Crippen molar-refractivity contribution in [1.29, 1.82) is 0 Å². The minimum absolute atomic E-state index is 0.360. The molecule has 0 radical (unpaired) electrons. The number of rotatable bonds is 10. The first kappa shape index (κ1) is 22.2. The van der Waals surface area contributed by atoms with E-state index >= 15 is 0 Å². The largest absolute Gasteiger partial charge is 0.365 e. The van der Waals surface area contributed by atoms with Crippen molar-refractivity contribution < 1.29 is 13.2 Å². The molecule has 4 aromatic rings. The lowest BCUT2D eigenvalue weighted by molar-refractivity contribution is -0.109. The fraction of sp³-hybridized carbons (Fsp3) is 0.286. The van der Waals surface area contributed by atoms with Gasteiger partial charge in [-0.05, 0) is 30.5 Å². The second-order valence-corrected chi connectivity index (χ2v) is 10.3. The van der Waals surface area contributed by atoms with Crippen LogP contribution in [0.25, 0.3) is 26.4 Å². The summed E-state index contributed by atoms with van der Waals surface area (Å²) in [7, 11) is -3.20. The highest BCUT2D eigenvalue weighted by Gasteiger charge is 2.15. The highest BCUT2D eigenvalue weighted by atomic mass is 32.2. The average Bonchev–Trinajstić information content (AvgIpc) is 3.34. The molecule has 0 unspecified atom stereocenters. The molecule has 0 saturated carbocycles. The average molecular weight is 473 g/mol. The zero-order valence-electron chi connectivity index (χ0n) is 17.8. The summed E-state index contributed by atoms with van der Waals surface area (Å²) in [6, 6.07) is 10.2. The number of benzene rings is 1. The first-order valence-electron chi connectivity index (χ1n) is 10.1. The van der Waals surface area contributed by atoms with Gasteiger partial charge in [0.05, 0.1) is 6.26 Å². The van der Waals surface area contributed by atoms with Gasteiger partial charge in [0.1, 0.15) is 10.3 Å². The van der Waals surface area contributed by atoms with Crippen LogP contribution >= 0.6 is 11.3 Å². The molecular formula is C21H24N6O3S2. The van der Waals surface area contributed by atoms with E-state index in [4.69, 9.17) is 4.98 Å².